The van der Waals surface area contributed by atoms with Crippen LogP contribution in [0.1, 0.15) is 20.7 Å². The third-order valence-electron chi connectivity index (χ3n) is 2.69. The van der Waals surface area contributed by atoms with Gasteiger partial charge in [0.05, 0.1) is 15.5 Å². The molecular formula is C13H9Cl2NO3S. The summed E-state index contributed by atoms with van der Waals surface area (Å²) in [4.78, 5) is 24.4. The van der Waals surface area contributed by atoms with Crippen molar-refractivity contribution in [3.63, 3.8) is 0 Å². The van der Waals surface area contributed by atoms with Gasteiger partial charge in [0.2, 0.25) is 0 Å². The third kappa shape index (κ3) is 2.95. The first-order chi connectivity index (χ1) is 9.40. The van der Waals surface area contributed by atoms with E-state index in [4.69, 9.17) is 28.3 Å². The summed E-state index contributed by atoms with van der Waals surface area (Å²) in [6.07, 6.45) is 0. The lowest BCUT2D eigenvalue weighted by molar-refractivity contribution is 0.0696. The number of nitrogens with zero attached hydrogens (tertiary/aromatic N) is 1. The van der Waals surface area contributed by atoms with Crippen molar-refractivity contribution in [2.75, 3.05) is 11.9 Å². The Hall–Kier alpha value is -1.56. The normalized spacial score (nSPS) is 10.3. The molecule has 0 bridgehead atoms. The molecule has 1 aromatic heterocycles. The van der Waals surface area contributed by atoms with Crippen molar-refractivity contribution in [2.45, 2.75) is 0 Å². The van der Waals surface area contributed by atoms with Gasteiger partial charge < -0.3 is 10.0 Å². The van der Waals surface area contributed by atoms with E-state index >= 15 is 0 Å². The maximum atomic E-state index is 12.3. The Labute approximate surface area is 129 Å². The van der Waals surface area contributed by atoms with E-state index in [-0.39, 0.29) is 11.5 Å². The highest BCUT2D eigenvalue weighted by Gasteiger charge is 2.19. The van der Waals surface area contributed by atoms with Crippen LogP contribution in [0, 0.1) is 0 Å². The highest BCUT2D eigenvalue weighted by Crippen LogP contribution is 2.32. The number of carbonyl (C=O) groups excluding carboxylic acids is 1. The quantitative estimate of drug-likeness (QED) is 0.924. The van der Waals surface area contributed by atoms with E-state index < -0.39 is 5.97 Å². The fourth-order valence-electron chi connectivity index (χ4n) is 1.61. The Bertz CT molecular complexity index is 667. The molecule has 0 aliphatic rings. The number of hydrogen-bond donors (Lipinski definition) is 1. The van der Waals surface area contributed by atoms with Gasteiger partial charge in [-0.05, 0) is 30.3 Å². The minimum atomic E-state index is -1.02. The van der Waals surface area contributed by atoms with Crippen molar-refractivity contribution in [1.29, 1.82) is 0 Å². The number of carboxylic acid groups (broad SMARTS) is 1. The summed E-state index contributed by atoms with van der Waals surface area (Å²) in [5.41, 5.74) is 1.05. The molecule has 0 spiro atoms. The Morgan fingerprint density at radius 1 is 1.20 bits per heavy atom. The van der Waals surface area contributed by atoms with Gasteiger partial charge in [0.1, 0.15) is 4.34 Å². The monoisotopic (exact) mass is 329 g/mol. The second kappa shape index (κ2) is 5.83. The summed E-state index contributed by atoms with van der Waals surface area (Å²) in [5, 5.41) is 8.83. The molecule has 0 fully saturated rings. The summed E-state index contributed by atoms with van der Waals surface area (Å²) in [7, 11) is 1.58. The van der Waals surface area contributed by atoms with Gasteiger partial charge >= 0.3 is 5.97 Å². The summed E-state index contributed by atoms with van der Waals surface area (Å²) in [6, 6.07) is 7.50. The zero-order valence-corrected chi connectivity index (χ0v) is 12.6. The van der Waals surface area contributed by atoms with E-state index in [9.17, 15) is 9.59 Å². The van der Waals surface area contributed by atoms with Crippen LogP contribution >= 0.6 is 34.5 Å². The van der Waals surface area contributed by atoms with Crippen LogP contribution in [0.4, 0.5) is 5.69 Å². The number of halogens is 2. The van der Waals surface area contributed by atoms with Gasteiger partial charge in [0.15, 0.2) is 0 Å². The number of thiophene rings is 1. The number of rotatable bonds is 3. The van der Waals surface area contributed by atoms with Crippen molar-refractivity contribution in [3.8, 4) is 0 Å². The van der Waals surface area contributed by atoms with E-state index in [0.717, 1.165) is 11.3 Å². The summed E-state index contributed by atoms with van der Waals surface area (Å²) in [5.74, 6) is -1.32. The summed E-state index contributed by atoms with van der Waals surface area (Å²) in [6.45, 7) is 0. The van der Waals surface area contributed by atoms with Crippen molar-refractivity contribution in [2.24, 2.45) is 0 Å². The highest BCUT2D eigenvalue weighted by molar-refractivity contribution is 7.20. The predicted octanol–water partition coefficient (Wildman–Crippen LogP) is 4.03. The molecule has 0 radical (unpaired) electrons. The lowest BCUT2D eigenvalue weighted by Gasteiger charge is -2.17. The molecule has 0 aliphatic heterocycles. The molecule has 7 heteroatoms. The first kappa shape index (κ1) is 14.8. The van der Waals surface area contributed by atoms with Crippen LogP contribution in [0.5, 0.6) is 0 Å². The molecule has 1 heterocycles. The zero-order chi connectivity index (χ0) is 14.9. The van der Waals surface area contributed by atoms with Crippen LogP contribution in [0.15, 0.2) is 30.3 Å². The second-order valence-corrected chi connectivity index (χ2v) is 6.24. The van der Waals surface area contributed by atoms with Crippen LogP contribution in [0.25, 0.3) is 0 Å². The lowest BCUT2D eigenvalue weighted by Crippen LogP contribution is -2.26. The first-order valence-electron chi connectivity index (χ1n) is 5.46. The van der Waals surface area contributed by atoms with Crippen molar-refractivity contribution in [1.82, 2.24) is 0 Å². The Morgan fingerprint density at radius 2 is 1.80 bits per heavy atom. The van der Waals surface area contributed by atoms with Crippen molar-refractivity contribution in [3.05, 3.63) is 50.1 Å². The molecule has 0 unspecified atom stereocenters. The molecule has 1 N–H and O–H groups in total. The van der Waals surface area contributed by atoms with Crippen molar-refractivity contribution < 1.29 is 14.7 Å². The Kier molecular flexibility index (Phi) is 4.32. The molecule has 20 heavy (non-hydrogen) atoms. The number of aromatic carboxylic acids is 1. The van der Waals surface area contributed by atoms with Gasteiger partial charge in [0, 0.05) is 12.7 Å². The van der Waals surface area contributed by atoms with Gasteiger partial charge in [-0.3, -0.25) is 4.79 Å². The molecule has 1 amide bonds. The maximum Gasteiger partial charge on any atom is 0.335 e. The predicted molar refractivity (Wildman–Crippen MR) is 80.5 cm³/mol. The minimum Gasteiger partial charge on any atom is -0.478 e. The molecule has 0 saturated heterocycles. The SMILES string of the molecule is CN(C(=O)c1cc(Cl)sc1Cl)c1ccc(C(=O)O)cc1. The molecule has 1 aromatic carbocycles. The van der Waals surface area contributed by atoms with Gasteiger partial charge in [0.25, 0.3) is 5.91 Å². The number of hydrogen-bond acceptors (Lipinski definition) is 3. The van der Waals surface area contributed by atoms with Gasteiger partial charge in [-0.25, -0.2) is 4.79 Å². The van der Waals surface area contributed by atoms with Crippen LogP contribution in [0.3, 0.4) is 0 Å². The smallest absolute Gasteiger partial charge is 0.335 e. The largest absolute Gasteiger partial charge is 0.478 e. The third-order valence-corrected chi connectivity index (χ3v) is 4.18. The molecule has 0 atom stereocenters. The van der Waals surface area contributed by atoms with E-state index in [0.29, 0.717) is 19.9 Å². The fourth-order valence-corrected chi connectivity index (χ4v) is 3.06. The van der Waals surface area contributed by atoms with Crippen LogP contribution in [-0.4, -0.2) is 24.0 Å². The van der Waals surface area contributed by atoms with E-state index in [2.05, 4.69) is 0 Å². The molecule has 4 nitrogen and oxygen atoms in total. The zero-order valence-electron chi connectivity index (χ0n) is 10.3. The van der Waals surface area contributed by atoms with Crippen LogP contribution in [-0.2, 0) is 0 Å². The van der Waals surface area contributed by atoms with Gasteiger partial charge in [-0.1, -0.05) is 23.2 Å². The number of carboxylic acids is 1. The lowest BCUT2D eigenvalue weighted by atomic mass is 10.2. The molecule has 2 rings (SSSR count). The standard InChI is InChI=1S/C13H9Cl2NO3S/c1-16(8-4-2-7(3-5-8)13(18)19)12(17)9-6-10(14)20-11(9)15/h2-6H,1H3,(H,18,19). The number of amides is 1. The number of carbonyl (C=O) groups is 2. The average molecular weight is 330 g/mol. The highest BCUT2D eigenvalue weighted by atomic mass is 35.5. The van der Waals surface area contributed by atoms with Gasteiger partial charge in [-0.2, -0.15) is 0 Å². The number of anilines is 1. The average Bonchev–Trinajstić information content (AvgIpc) is 2.76. The van der Waals surface area contributed by atoms with Crippen molar-refractivity contribution >= 4 is 52.1 Å². The second-order valence-electron chi connectivity index (χ2n) is 3.95. The van der Waals surface area contributed by atoms with E-state index in [1.165, 1.54) is 23.1 Å². The maximum absolute atomic E-state index is 12.3. The van der Waals surface area contributed by atoms with Gasteiger partial charge in [-0.15, -0.1) is 11.3 Å². The summed E-state index contributed by atoms with van der Waals surface area (Å²) >= 11 is 12.9. The van der Waals surface area contributed by atoms with E-state index in [1.807, 2.05) is 0 Å². The fraction of sp³-hybridized carbons (Fsp3) is 0.0769. The first-order valence-corrected chi connectivity index (χ1v) is 7.03. The number of benzene rings is 1. The molecule has 2 aromatic rings. The molecular weight excluding hydrogens is 321 g/mol. The van der Waals surface area contributed by atoms with Crippen LogP contribution in [0.2, 0.25) is 8.67 Å². The topological polar surface area (TPSA) is 57.6 Å². The Morgan fingerprint density at radius 3 is 2.25 bits per heavy atom. The molecule has 0 aliphatic carbocycles. The Balaban J connectivity index is 2.26. The van der Waals surface area contributed by atoms with Crippen LogP contribution < -0.4 is 4.90 Å². The summed E-state index contributed by atoms with van der Waals surface area (Å²) < 4.78 is 0.766. The molecule has 104 valence electrons. The molecule has 0 saturated carbocycles. The minimum absolute atomic E-state index is 0.159. The van der Waals surface area contributed by atoms with E-state index in [1.54, 1.807) is 19.2 Å².